The molecule has 1 aromatic heterocycles. The van der Waals surface area contributed by atoms with Crippen LogP contribution in [-0.2, 0) is 16.0 Å². The molecule has 1 aromatic carbocycles. The summed E-state index contributed by atoms with van der Waals surface area (Å²) in [5, 5.41) is 9.23. The van der Waals surface area contributed by atoms with Crippen molar-refractivity contribution in [3.05, 3.63) is 47.8 Å². The highest BCUT2D eigenvalue weighted by Gasteiger charge is 2.31. The van der Waals surface area contributed by atoms with E-state index < -0.39 is 11.6 Å². The quantitative estimate of drug-likeness (QED) is 0.839. The molecular weight excluding hydrogens is 320 g/mol. The monoisotopic (exact) mass is 337 g/mol. The zero-order valence-electron chi connectivity index (χ0n) is 12.8. The summed E-state index contributed by atoms with van der Waals surface area (Å²) in [4.78, 5) is 12.1. The molecule has 0 aliphatic carbocycles. The minimum Gasteiger partial charge on any atom is -0.482 e. The first-order valence-corrected chi connectivity index (χ1v) is 7.59. The number of ether oxygens (including phenoxy) is 2. The maximum Gasteiger partial charge on any atom is 0.220 e. The van der Waals surface area contributed by atoms with Gasteiger partial charge in [-0.05, 0) is 18.1 Å². The zero-order chi connectivity index (χ0) is 16.9. The number of nitrogens with one attached hydrogen (secondary N) is 2. The van der Waals surface area contributed by atoms with E-state index in [1.807, 2.05) is 0 Å². The van der Waals surface area contributed by atoms with E-state index >= 15 is 0 Å². The molecule has 128 valence electrons. The third kappa shape index (κ3) is 3.88. The molecule has 0 saturated carbocycles. The van der Waals surface area contributed by atoms with Crippen molar-refractivity contribution >= 4 is 5.91 Å². The van der Waals surface area contributed by atoms with Gasteiger partial charge in [0.25, 0.3) is 0 Å². The molecule has 24 heavy (non-hydrogen) atoms. The van der Waals surface area contributed by atoms with Crippen LogP contribution in [0.15, 0.2) is 30.6 Å². The van der Waals surface area contributed by atoms with Gasteiger partial charge in [0.15, 0.2) is 17.4 Å². The van der Waals surface area contributed by atoms with Gasteiger partial charge in [-0.3, -0.25) is 9.89 Å². The third-order valence-corrected chi connectivity index (χ3v) is 3.79. The number of H-pyrrole nitrogens is 1. The highest BCUT2D eigenvalue weighted by molar-refractivity contribution is 5.76. The molecule has 2 heterocycles. The first kappa shape index (κ1) is 16.4. The van der Waals surface area contributed by atoms with Crippen molar-refractivity contribution in [2.75, 3.05) is 13.2 Å². The molecule has 0 spiro atoms. The fourth-order valence-corrected chi connectivity index (χ4v) is 2.53. The first-order valence-electron chi connectivity index (χ1n) is 7.59. The number of aromatic nitrogens is 2. The van der Waals surface area contributed by atoms with Crippen molar-refractivity contribution in [2.24, 2.45) is 0 Å². The van der Waals surface area contributed by atoms with Crippen LogP contribution in [0.3, 0.4) is 0 Å². The second kappa shape index (κ2) is 7.39. The molecular formula is C16H17F2N3O3. The Morgan fingerprint density at radius 3 is 3.08 bits per heavy atom. The normalized spacial score (nSPS) is 20.1. The first-order chi connectivity index (χ1) is 11.6. The molecule has 1 aliphatic rings. The highest BCUT2D eigenvalue weighted by atomic mass is 19.2. The predicted molar refractivity (Wildman–Crippen MR) is 80.4 cm³/mol. The van der Waals surface area contributed by atoms with Crippen LogP contribution in [0, 0.1) is 11.6 Å². The molecule has 3 rings (SSSR count). The lowest BCUT2D eigenvalue weighted by molar-refractivity contribution is -0.122. The Bertz CT molecular complexity index is 694. The van der Waals surface area contributed by atoms with Crippen LogP contribution in [0.25, 0.3) is 0 Å². The molecule has 1 amide bonds. The average Bonchev–Trinajstić information content (AvgIpc) is 3.22. The molecule has 2 atom stereocenters. The number of halogens is 2. The lowest BCUT2D eigenvalue weighted by Gasteiger charge is -2.19. The van der Waals surface area contributed by atoms with Crippen molar-refractivity contribution in [2.45, 2.75) is 25.0 Å². The molecule has 2 N–H and O–H groups in total. The second-order valence-corrected chi connectivity index (χ2v) is 5.51. The van der Waals surface area contributed by atoms with Gasteiger partial charge >= 0.3 is 0 Å². The Kier molecular flexibility index (Phi) is 5.05. The summed E-state index contributed by atoms with van der Waals surface area (Å²) in [5.41, 5.74) is 0.180. The summed E-state index contributed by atoms with van der Waals surface area (Å²) in [6, 6.07) is 3.64. The van der Waals surface area contributed by atoms with Gasteiger partial charge in [0.05, 0.1) is 31.6 Å². The standard InChI is InChI=1S/C16H17F2N3O3/c17-12-3-1-2-10(16(12)18)4-5-15(22)21-13-8-23-9-14(13)24-11-6-19-20-7-11/h1-3,6-7,13-14H,4-5,8-9H2,(H,19,20)(H,21,22)/t13-,14+/m0/s1. The summed E-state index contributed by atoms with van der Waals surface area (Å²) in [6.45, 7) is 0.692. The Morgan fingerprint density at radius 2 is 2.29 bits per heavy atom. The number of benzene rings is 1. The molecule has 2 aromatic rings. The topological polar surface area (TPSA) is 76.2 Å². The number of amides is 1. The van der Waals surface area contributed by atoms with Gasteiger partial charge in [-0.15, -0.1) is 0 Å². The molecule has 1 aliphatic heterocycles. The summed E-state index contributed by atoms with van der Waals surface area (Å²) >= 11 is 0. The van der Waals surface area contributed by atoms with Gasteiger partial charge in [0.1, 0.15) is 6.10 Å². The second-order valence-electron chi connectivity index (χ2n) is 5.51. The molecule has 0 radical (unpaired) electrons. The van der Waals surface area contributed by atoms with Crippen molar-refractivity contribution in [1.29, 1.82) is 0 Å². The fourth-order valence-electron chi connectivity index (χ4n) is 2.53. The van der Waals surface area contributed by atoms with Crippen LogP contribution >= 0.6 is 0 Å². The predicted octanol–water partition coefficient (Wildman–Crippen LogP) is 1.58. The number of nitrogens with zero attached hydrogens (tertiary/aromatic N) is 1. The summed E-state index contributed by atoms with van der Waals surface area (Å²) in [5.74, 6) is -1.53. The summed E-state index contributed by atoms with van der Waals surface area (Å²) < 4.78 is 37.7. The number of rotatable bonds is 6. The van der Waals surface area contributed by atoms with Crippen molar-refractivity contribution < 1.29 is 23.0 Å². The Balaban J connectivity index is 1.51. The third-order valence-electron chi connectivity index (χ3n) is 3.79. The molecule has 0 bridgehead atoms. The summed E-state index contributed by atoms with van der Waals surface area (Å²) in [7, 11) is 0. The average molecular weight is 337 g/mol. The number of hydrogen-bond acceptors (Lipinski definition) is 4. The van der Waals surface area contributed by atoms with Gasteiger partial charge < -0.3 is 14.8 Å². The van der Waals surface area contributed by atoms with E-state index in [1.165, 1.54) is 18.3 Å². The van der Waals surface area contributed by atoms with Crippen LogP contribution in [0.1, 0.15) is 12.0 Å². The van der Waals surface area contributed by atoms with E-state index in [9.17, 15) is 13.6 Å². The van der Waals surface area contributed by atoms with E-state index in [2.05, 4.69) is 15.5 Å². The van der Waals surface area contributed by atoms with E-state index in [-0.39, 0.29) is 36.5 Å². The van der Waals surface area contributed by atoms with E-state index in [4.69, 9.17) is 9.47 Å². The van der Waals surface area contributed by atoms with Gasteiger partial charge in [-0.1, -0.05) is 12.1 Å². The van der Waals surface area contributed by atoms with Gasteiger partial charge in [-0.2, -0.15) is 5.10 Å². The van der Waals surface area contributed by atoms with E-state index in [1.54, 1.807) is 6.20 Å². The van der Waals surface area contributed by atoms with Crippen LogP contribution in [0.5, 0.6) is 5.75 Å². The number of aromatic amines is 1. The largest absolute Gasteiger partial charge is 0.482 e. The number of hydrogen-bond donors (Lipinski definition) is 2. The minimum atomic E-state index is -0.911. The molecule has 6 nitrogen and oxygen atoms in total. The molecule has 1 fully saturated rings. The summed E-state index contributed by atoms with van der Waals surface area (Å²) in [6.07, 6.45) is 2.98. The number of aryl methyl sites for hydroxylation is 1. The molecule has 0 unspecified atom stereocenters. The van der Waals surface area contributed by atoms with Crippen molar-refractivity contribution in [1.82, 2.24) is 15.5 Å². The maximum atomic E-state index is 13.6. The lowest BCUT2D eigenvalue weighted by Crippen LogP contribution is -2.45. The van der Waals surface area contributed by atoms with Gasteiger partial charge in [0.2, 0.25) is 5.91 Å². The van der Waals surface area contributed by atoms with Crippen LogP contribution in [-0.4, -0.2) is 41.5 Å². The van der Waals surface area contributed by atoms with Crippen molar-refractivity contribution in [3.63, 3.8) is 0 Å². The maximum absolute atomic E-state index is 13.6. The highest BCUT2D eigenvalue weighted by Crippen LogP contribution is 2.16. The fraction of sp³-hybridized carbons (Fsp3) is 0.375. The van der Waals surface area contributed by atoms with Gasteiger partial charge in [-0.25, -0.2) is 8.78 Å². The van der Waals surface area contributed by atoms with Crippen LogP contribution in [0.2, 0.25) is 0 Å². The smallest absolute Gasteiger partial charge is 0.220 e. The number of carbonyl (C=O) groups is 1. The SMILES string of the molecule is O=C(CCc1cccc(F)c1F)N[C@H]1COC[C@H]1Oc1cn[nH]c1. The molecule has 1 saturated heterocycles. The number of carbonyl (C=O) groups excluding carboxylic acids is 1. The van der Waals surface area contributed by atoms with Crippen LogP contribution < -0.4 is 10.1 Å². The van der Waals surface area contributed by atoms with Gasteiger partial charge in [0, 0.05) is 6.42 Å². The zero-order valence-corrected chi connectivity index (χ0v) is 12.8. The Morgan fingerprint density at radius 1 is 1.42 bits per heavy atom. The Hall–Kier alpha value is -2.48. The Labute approximate surface area is 137 Å². The lowest BCUT2D eigenvalue weighted by atomic mass is 10.1. The minimum absolute atomic E-state index is 0.0509. The van der Waals surface area contributed by atoms with Crippen molar-refractivity contribution in [3.8, 4) is 5.75 Å². The molecule has 8 heteroatoms. The van der Waals surface area contributed by atoms with E-state index in [0.29, 0.717) is 19.0 Å². The van der Waals surface area contributed by atoms with Crippen LogP contribution in [0.4, 0.5) is 8.78 Å². The van der Waals surface area contributed by atoms with E-state index in [0.717, 1.165) is 6.07 Å².